The second kappa shape index (κ2) is 4.65. The van der Waals surface area contributed by atoms with E-state index < -0.39 is 0 Å². The Kier molecular flexibility index (Phi) is 3.50. The maximum absolute atomic E-state index is 10.6. The highest BCUT2D eigenvalue weighted by Gasteiger charge is 1.96. The number of benzene rings is 1. The molecule has 2 nitrogen and oxygen atoms in total. The lowest BCUT2D eigenvalue weighted by Gasteiger charge is -2.05. The monoisotopic (exact) mass is 177 g/mol. The molecular formula is C11H15NO. The standard InChI is InChI=1S/C11H15NO/c1-9-5-3-4-6-11(9)7-8-12-10(2)13/h3-6H,7-8H2,1-2H3,(H,12,13). The topological polar surface area (TPSA) is 29.1 Å². The van der Waals surface area contributed by atoms with Gasteiger partial charge in [0.05, 0.1) is 0 Å². The smallest absolute Gasteiger partial charge is 0.216 e. The van der Waals surface area contributed by atoms with Crippen LogP contribution in [0.15, 0.2) is 24.3 Å². The summed E-state index contributed by atoms with van der Waals surface area (Å²) in [7, 11) is 0. The fourth-order valence-corrected chi connectivity index (χ4v) is 1.26. The Morgan fingerprint density at radius 2 is 2.08 bits per heavy atom. The first-order valence-corrected chi connectivity index (χ1v) is 4.49. The Morgan fingerprint density at radius 3 is 2.69 bits per heavy atom. The lowest BCUT2D eigenvalue weighted by molar-refractivity contribution is -0.118. The molecule has 0 aliphatic rings. The van der Waals surface area contributed by atoms with Crippen molar-refractivity contribution in [2.75, 3.05) is 6.54 Å². The van der Waals surface area contributed by atoms with Crippen LogP contribution in [0.1, 0.15) is 18.1 Å². The highest BCUT2D eigenvalue weighted by atomic mass is 16.1. The van der Waals surface area contributed by atoms with E-state index in [1.807, 2.05) is 12.1 Å². The predicted molar refractivity (Wildman–Crippen MR) is 53.6 cm³/mol. The highest BCUT2D eigenvalue weighted by Crippen LogP contribution is 2.06. The lowest BCUT2D eigenvalue weighted by atomic mass is 10.1. The molecule has 0 spiro atoms. The van der Waals surface area contributed by atoms with Gasteiger partial charge in [-0.3, -0.25) is 4.79 Å². The molecule has 1 rings (SSSR count). The molecule has 0 aliphatic carbocycles. The van der Waals surface area contributed by atoms with Crippen LogP contribution >= 0.6 is 0 Å². The fraction of sp³-hybridized carbons (Fsp3) is 0.364. The number of rotatable bonds is 3. The number of aryl methyl sites for hydroxylation is 1. The second-order valence-corrected chi connectivity index (χ2v) is 3.16. The summed E-state index contributed by atoms with van der Waals surface area (Å²) in [4.78, 5) is 10.6. The van der Waals surface area contributed by atoms with Crippen LogP contribution in [0.5, 0.6) is 0 Å². The number of hydrogen-bond donors (Lipinski definition) is 1. The van der Waals surface area contributed by atoms with E-state index in [0.29, 0.717) is 0 Å². The molecule has 0 aromatic heterocycles. The van der Waals surface area contributed by atoms with Crippen LogP contribution in [0.4, 0.5) is 0 Å². The molecule has 1 N–H and O–H groups in total. The average Bonchev–Trinajstić information content (AvgIpc) is 2.08. The molecule has 0 fully saturated rings. The summed E-state index contributed by atoms with van der Waals surface area (Å²) in [6.07, 6.45) is 0.909. The van der Waals surface area contributed by atoms with Crippen molar-refractivity contribution in [2.45, 2.75) is 20.3 Å². The molecule has 0 heterocycles. The first-order chi connectivity index (χ1) is 6.20. The Bertz CT molecular complexity index is 294. The third kappa shape index (κ3) is 3.28. The summed E-state index contributed by atoms with van der Waals surface area (Å²) in [5, 5.41) is 2.78. The van der Waals surface area contributed by atoms with Crippen LogP contribution in [0, 0.1) is 6.92 Å². The Morgan fingerprint density at radius 1 is 1.38 bits per heavy atom. The van der Waals surface area contributed by atoms with Crippen molar-refractivity contribution >= 4 is 5.91 Å². The molecule has 70 valence electrons. The van der Waals surface area contributed by atoms with Crippen LogP contribution in [-0.4, -0.2) is 12.5 Å². The van der Waals surface area contributed by atoms with Crippen molar-refractivity contribution in [1.82, 2.24) is 5.32 Å². The molecular weight excluding hydrogens is 162 g/mol. The molecule has 0 radical (unpaired) electrons. The van der Waals surface area contributed by atoms with Gasteiger partial charge in [-0.05, 0) is 24.5 Å². The Hall–Kier alpha value is -1.31. The largest absolute Gasteiger partial charge is 0.356 e. The van der Waals surface area contributed by atoms with Gasteiger partial charge in [-0.25, -0.2) is 0 Å². The van der Waals surface area contributed by atoms with Crippen molar-refractivity contribution in [1.29, 1.82) is 0 Å². The summed E-state index contributed by atoms with van der Waals surface area (Å²) in [5.74, 6) is 0.0357. The summed E-state index contributed by atoms with van der Waals surface area (Å²) in [5.41, 5.74) is 2.59. The first kappa shape index (κ1) is 9.78. The van der Waals surface area contributed by atoms with Gasteiger partial charge in [-0.2, -0.15) is 0 Å². The van der Waals surface area contributed by atoms with Crippen LogP contribution < -0.4 is 5.32 Å². The van der Waals surface area contributed by atoms with Gasteiger partial charge in [0.2, 0.25) is 5.91 Å². The van der Waals surface area contributed by atoms with Crippen molar-refractivity contribution in [3.05, 3.63) is 35.4 Å². The number of amides is 1. The summed E-state index contributed by atoms with van der Waals surface area (Å²) >= 11 is 0. The molecule has 1 aromatic rings. The van der Waals surface area contributed by atoms with E-state index in [4.69, 9.17) is 0 Å². The van der Waals surface area contributed by atoms with E-state index in [1.54, 1.807) is 0 Å². The van der Waals surface area contributed by atoms with Crippen LogP contribution in [0.3, 0.4) is 0 Å². The minimum atomic E-state index is 0.0357. The zero-order valence-electron chi connectivity index (χ0n) is 8.13. The Balaban J connectivity index is 2.45. The average molecular weight is 177 g/mol. The molecule has 2 heteroatoms. The van der Waals surface area contributed by atoms with E-state index in [2.05, 4.69) is 24.4 Å². The van der Waals surface area contributed by atoms with E-state index >= 15 is 0 Å². The maximum atomic E-state index is 10.6. The number of carbonyl (C=O) groups is 1. The summed E-state index contributed by atoms with van der Waals surface area (Å²) in [6, 6.07) is 8.23. The van der Waals surface area contributed by atoms with Gasteiger partial charge in [0.1, 0.15) is 0 Å². The molecule has 0 bridgehead atoms. The fourth-order valence-electron chi connectivity index (χ4n) is 1.26. The summed E-state index contributed by atoms with van der Waals surface area (Å²) < 4.78 is 0. The number of hydrogen-bond acceptors (Lipinski definition) is 1. The van der Waals surface area contributed by atoms with E-state index in [9.17, 15) is 4.79 Å². The normalized spacial score (nSPS) is 9.69. The summed E-state index contributed by atoms with van der Waals surface area (Å²) in [6.45, 7) is 4.35. The zero-order chi connectivity index (χ0) is 9.68. The molecule has 13 heavy (non-hydrogen) atoms. The Labute approximate surface area is 79.0 Å². The quantitative estimate of drug-likeness (QED) is 0.747. The molecule has 0 saturated carbocycles. The molecule has 0 unspecified atom stereocenters. The van der Waals surface area contributed by atoms with Gasteiger partial charge in [0, 0.05) is 13.5 Å². The van der Waals surface area contributed by atoms with Crippen LogP contribution in [-0.2, 0) is 11.2 Å². The molecule has 1 amide bonds. The van der Waals surface area contributed by atoms with E-state index in [-0.39, 0.29) is 5.91 Å². The van der Waals surface area contributed by atoms with Gasteiger partial charge < -0.3 is 5.32 Å². The molecule has 0 saturated heterocycles. The van der Waals surface area contributed by atoms with E-state index in [0.717, 1.165) is 13.0 Å². The minimum absolute atomic E-state index is 0.0357. The third-order valence-electron chi connectivity index (χ3n) is 2.03. The van der Waals surface area contributed by atoms with Gasteiger partial charge >= 0.3 is 0 Å². The second-order valence-electron chi connectivity index (χ2n) is 3.16. The molecule has 0 aliphatic heterocycles. The first-order valence-electron chi connectivity index (χ1n) is 4.49. The zero-order valence-corrected chi connectivity index (χ0v) is 8.13. The van der Waals surface area contributed by atoms with Gasteiger partial charge in [0.25, 0.3) is 0 Å². The van der Waals surface area contributed by atoms with Crippen molar-refractivity contribution < 1.29 is 4.79 Å². The number of nitrogens with one attached hydrogen (secondary N) is 1. The predicted octanol–water partition coefficient (Wildman–Crippen LogP) is 1.67. The molecule has 1 aromatic carbocycles. The van der Waals surface area contributed by atoms with E-state index in [1.165, 1.54) is 18.1 Å². The number of carbonyl (C=O) groups excluding carboxylic acids is 1. The SMILES string of the molecule is CC(=O)NCCc1ccccc1C. The van der Waals surface area contributed by atoms with Crippen LogP contribution in [0.2, 0.25) is 0 Å². The van der Waals surface area contributed by atoms with Crippen molar-refractivity contribution in [3.63, 3.8) is 0 Å². The van der Waals surface area contributed by atoms with Gasteiger partial charge in [-0.1, -0.05) is 24.3 Å². The third-order valence-corrected chi connectivity index (χ3v) is 2.03. The lowest BCUT2D eigenvalue weighted by Crippen LogP contribution is -2.22. The van der Waals surface area contributed by atoms with Gasteiger partial charge in [0.15, 0.2) is 0 Å². The van der Waals surface area contributed by atoms with Gasteiger partial charge in [-0.15, -0.1) is 0 Å². The minimum Gasteiger partial charge on any atom is -0.356 e. The van der Waals surface area contributed by atoms with Crippen LogP contribution in [0.25, 0.3) is 0 Å². The van der Waals surface area contributed by atoms with Crippen molar-refractivity contribution in [2.24, 2.45) is 0 Å². The maximum Gasteiger partial charge on any atom is 0.216 e. The highest BCUT2D eigenvalue weighted by molar-refractivity contribution is 5.72. The van der Waals surface area contributed by atoms with Crippen molar-refractivity contribution in [3.8, 4) is 0 Å². The molecule has 0 atom stereocenters.